The van der Waals surface area contributed by atoms with Crippen LogP contribution in [0.2, 0.25) is 0 Å². The molecule has 0 saturated carbocycles. The van der Waals surface area contributed by atoms with Crippen molar-refractivity contribution in [2.45, 2.75) is 55.4 Å². The third-order valence-corrected chi connectivity index (χ3v) is 15.1. The van der Waals surface area contributed by atoms with E-state index in [1.165, 1.54) is 0 Å². The van der Waals surface area contributed by atoms with Crippen LogP contribution < -0.4 is 0 Å². The van der Waals surface area contributed by atoms with Crippen molar-refractivity contribution in [1.29, 1.82) is 0 Å². The molecule has 0 atom stereocenters. The van der Waals surface area contributed by atoms with Gasteiger partial charge in [-0.05, 0) is 0 Å². The summed E-state index contributed by atoms with van der Waals surface area (Å²) in [5.41, 5.74) is 9.41. The van der Waals surface area contributed by atoms with Gasteiger partial charge >= 0.3 is 159 Å². The van der Waals surface area contributed by atoms with Crippen molar-refractivity contribution in [3.05, 3.63) is 42.3 Å². The van der Waals surface area contributed by atoms with Crippen LogP contribution in [0.25, 0.3) is 17.7 Å². The van der Waals surface area contributed by atoms with Gasteiger partial charge in [-0.1, -0.05) is 0 Å². The van der Waals surface area contributed by atoms with Gasteiger partial charge in [0.2, 0.25) is 0 Å². The maximum absolute atomic E-state index is 2.36. The molecule has 0 aliphatic carbocycles. The van der Waals surface area contributed by atoms with E-state index < -0.39 is 0 Å². The van der Waals surface area contributed by atoms with Gasteiger partial charge in [-0.15, -0.1) is 0 Å². The minimum atomic E-state index is 0.501. The summed E-state index contributed by atoms with van der Waals surface area (Å²) in [6.07, 6.45) is 0. The minimum absolute atomic E-state index is 0.501. The van der Waals surface area contributed by atoms with Crippen LogP contribution in [0.1, 0.15) is 42.3 Å². The Morgan fingerprint density at radius 2 is 0.609 bits per heavy atom. The van der Waals surface area contributed by atoms with E-state index in [0.29, 0.717) is 43.5 Å². The Kier molecular flexibility index (Phi) is 4.94. The fraction of sp³-hybridized carbons (Fsp3) is 0.400. The van der Waals surface area contributed by atoms with Gasteiger partial charge in [-0.3, -0.25) is 0 Å². The molecule has 0 N–H and O–H groups in total. The Bertz CT molecular complexity index is 828. The second kappa shape index (κ2) is 6.38. The summed E-state index contributed by atoms with van der Waals surface area (Å²) in [7, 11) is 0. The van der Waals surface area contributed by atoms with Gasteiger partial charge in [0.05, 0.1) is 0 Å². The molecule has 3 aromatic heterocycles. The summed E-state index contributed by atoms with van der Waals surface area (Å²) in [6, 6.07) is 0. The summed E-state index contributed by atoms with van der Waals surface area (Å²) in [6.45, 7) is 18.7. The molecule has 3 aromatic rings. The first-order valence-corrected chi connectivity index (χ1v) is 13.1. The van der Waals surface area contributed by atoms with Crippen LogP contribution in [0.3, 0.4) is 0 Å². The fourth-order valence-electron chi connectivity index (χ4n) is 2.94. The van der Waals surface area contributed by atoms with E-state index in [-0.39, 0.29) is 0 Å². The molecule has 0 spiro atoms. The van der Waals surface area contributed by atoms with E-state index >= 15 is 0 Å². The second-order valence-corrected chi connectivity index (χ2v) is 13.8. The zero-order chi connectivity index (χ0) is 17.0. The van der Waals surface area contributed by atoms with Crippen molar-refractivity contribution in [2.24, 2.45) is 0 Å². The van der Waals surface area contributed by atoms with Crippen molar-refractivity contribution in [1.82, 2.24) is 0 Å². The predicted octanol–water partition coefficient (Wildman–Crippen LogP) is 4.66. The third-order valence-electron chi connectivity index (χ3n) is 5.23. The second-order valence-electron chi connectivity index (χ2n) is 6.49. The first kappa shape index (κ1) is 17.8. The van der Waals surface area contributed by atoms with E-state index in [1.54, 1.807) is 60.0 Å². The molecular formula is C20H24Se3. The topological polar surface area (TPSA) is 0 Å². The maximum atomic E-state index is 2.36. The third kappa shape index (κ3) is 2.81. The van der Waals surface area contributed by atoms with Crippen molar-refractivity contribution in [3.8, 4) is 17.7 Å². The molecule has 0 aromatic carbocycles. The van der Waals surface area contributed by atoms with E-state index in [2.05, 4.69) is 55.4 Å². The van der Waals surface area contributed by atoms with Gasteiger partial charge in [-0.25, -0.2) is 0 Å². The summed E-state index contributed by atoms with van der Waals surface area (Å²) in [5.74, 6) is 0. The van der Waals surface area contributed by atoms with Crippen molar-refractivity contribution in [3.63, 3.8) is 0 Å². The number of hydrogen-bond acceptors (Lipinski definition) is 0. The molecule has 0 radical (unpaired) electrons. The average molecular weight is 501 g/mol. The van der Waals surface area contributed by atoms with Crippen molar-refractivity contribution < 1.29 is 0 Å². The van der Waals surface area contributed by atoms with E-state index in [4.69, 9.17) is 0 Å². The molecule has 0 amide bonds. The normalized spacial score (nSPS) is 11.5. The van der Waals surface area contributed by atoms with Gasteiger partial charge in [-0.2, -0.15) is 0 Å². The van der Waals surface area contributed by atoms with Gasteiger partial charge in [0, 0.05) is 0 Å². The van der Waals surface area contributed by atoms with E-state index in [0.717, 1.165) is 0 Å². The molecular weight excluding hydrogens is 477 g/mol. The SMILES string of the molecule is Cc1[se]c(-c2[se]c(-c3[se]c(C)c(C)c3C)c(C)c2C)c(C)c1C. The molecule has 3 rings (SSSR count). The van der Waals surface area contributed by atoms with Gasteiger partial charge in [0.25, 0.3) is 0 Å². The summed E-state index contributed by atoms with van der Waals surface area (Å²) in [5, 5.41) is 0. The van der Waals surface area contributed by atoms with Gasteiger partial charge in [0.15, 0.2) is 0 Å². The van der Waals surface area contributed by atoms with Crippen LogP contribution in [-0.2, 0) is 0 Å². The van der Waals surface area contributed by atoms with Crippen molar-refractivity contribution >= 4 is 43.5 Å². The summed E-state index contributed by atoms with van der Waals surface area (Å²) in [4.78, 5) is 0. The Hall–Kier alpha value is -0.00156. The van der Waals surface area contributed by atoms with Crippen LogP contribution in [0.15, 0.2) is 0 Å². The molecule has 3 heteroatoms. The Labute approximate surface area is 158 Å². The van der Waals surface area contributed by atoms with Crippen LogP contribution in [0.4, 0.5) is 0 Å². The number of aryl methyl sites for hydroxylation is 2. The zero-order valence-electron chi connectivity index (χ0n) is 15.2. The molecule has 0 nitrogen and oxygen atoms in total. The molecule has 0 aliphatic heterocycles. The van der Waals surface area contributed by atoms with Crippen LogP contribution in [0, 0.1) is 55.4 Å². The molecule has 0 aliphatic rings. The van der Waals surface area contributed by atoms with Gasteiger partial charge in [0.1, 0.15) is 0 Å². The molecule has 23 heavy (non-hydrogen) atoms. The molecule has 0 bridgehead atoms. The molecule has 3 heterocycles. The van der Waals surface area contributed by atoms with Crippen LogP contribution in [0.5, 0.6) is 0 Å². The predicted molar refractivity (Wildman–Crippen MR) is 106 cm³/mol. The first-order chi connectivity index (χ1) is 10.7. The molecule has 0 saturated heterocycles. The number of rotatable bonds is 2. The Balaban J connectivity index is 2.23. The van der Waals surface area contributed by atoms with Crippen LogP contribution in [-0.4, -0.2) is 43.5 Å². The quantitative estimate of drug-likeness (QED) is 0.449. The molecule has 0 unspecified atom stereocenters. The van der Waals surface area contributed by atoms with Crippen LogP contribution >= 0.6 is 0 Å². The molecule has 0 fully saturated rings. The summed E-state index contributed by atoms with van der Waals surface area (Å²) < 4.78 is 10.1. The zero-order valence-corrected chi connectivity index (χ0v) is 20.4. The Morgan fingerprint density at radius 3 is 0.870 bits per heavy atom. The van der Waals surface area contributed by atoms with E-state index in [9.17, 15) is 0 Å². The van der Waals surface area contributed by atoms with E-state index in [1.807, 2.05) is 0 Å². The monoisotopic (exact) mass is 504 g/mol. The van der Waals surface area contributed by atoms with Gasteiger partial charge < -0.3 is 0 Å². The molecule has 122 valence electrons. The first-order valence-electron chi connectivity index (χ1n) is 7.97. The summed E-state index contributed by atoms with van der Waals surface area (Å²) >= 11 is 1.60. The Morgan fingerprint density at radius 1 is 0.348 bits per heavy atom. The fourth-order valence-corrected chi connectivity index (χ4v) is 12.4. The standard InChI is InChI=1S/C20H24Se3/c1-9-11(3)17(21-15(9)7)19-13(5)14(6)20(23-19)18-12(4)10(2)16(8)22-18/h1-8H3. The van der Waals surface area contributed by atoms with Crippen molar-refractivity contribution in [2.75, 3.05) is 0 Å². The average Bonchev–Trinajstić information content (AvgIpc) is 3.04. The number of hydrogen-bond donors (Lipinski definition) is 0.